The van der Waals surface area contributed by atoms with E-state index < -0.39 is 18.5 Å². The van der Waals surface area contributed by atoms with Gasteiger partial charge in [-0.3, -0.25) is 9.59 Å². The third kappa shape index (κ3) is 8.35. The minimum atomic E-state index is -0.583. The predicted octanol–water partition coefficient (Wildman–Crippen LogP) is 8.19. The van der Waals surface area contributed by atoms with Gasteiger partial charge in [0.2, 0.25) is 0 Å². The molecule has 1 aromatic heterocycles. The average Bonchev–Trinajstić information content (AvgIpc) is 3.13. The number of pyridine rings is 1. The Morgan fingerprint density at radius 1 is 0.863 bits per heavy atom. The lowest BCUT2D eigenvalue weighted by Gasteiger charge is -2.23. The lowest BCUT2D eigenvalue weighted by Crippen LogP contribution is -2.28. The number of fused-ring (bicyclic) bond motifs is 2. The van der Waals surface area contributed by atoms with Gasteiger partial charge in [-0.15, -0.1) is 0 Å². The van der Waals surface area contributed by atoms with E-state index in [9.17, 15) is 14.4 Å². The molecule has 1 heterocycles. The van der Waals surface area contributed by atoms with Crippen LogP contribution in [0.2, 0.25) is 0 Å². The fourth-order valence-electron chi connectivity index (χ4n) is 6.38. The summed E-state index contributed by atoms with van der Waals surface area (Å²) in [6.45, 7) is 6.49. The zero-order chi connectivity index (χ0) is 36.0. The molecule has 8 nitrogen and oxygen atoms in total. The summed E-state index contributed by atoms with van der Waals surface area (Å²) in [6.07, 6.45) is 5.16. The number of carbonyl (C=O) groups excluding carboxylic acids is 3. The van der Waals surface area contributed by atoms with Gasteiger partial charge < -0.3 is 20.1 Å². The number of methoxy groups -OCH3 is 1. The third-order valence-electron chi connectivity index (χ3n) is 9.13. The van der Waals surface area contributed by atoms with Gasteiger partial charge in [0.15, 0.2) is 6.61 Å². The number of esters is 1. The first-order valence-electron chi connectivity index (χ1n) is 17.3. The van der Waals surface area contributed by atoms with Crippen LogP contribution < -0.4 is 15.4 Å². The van der Waals surface area contributed by atoms with Gasteiger partial charge in [-0.1, -0.05) is 87.5 Å². The standard InChI is InChI=1S/C43H43N3O5/c1-43(2,3)31-20-16-29(17-21-31)26-30-10-9-13-35-39(33-11-5-7-14-36(33)46-40(30)35)42(49)51-27-38(47)45-37-15-8-6-12-34(37)41(48)44-25-24-28-18-22-32(50-4)23-19-28/h5-8,11-12,14-23,26H,9-10,13,24-25,27H2,1-4H3,(H,44,48)(H,45,47)/b30-26+. The Morgan fingerprint density at radius 2 is 1.59 bits per heavy atom. The third-order valence-corrected chi connectivity index (χ3v) is 9.13. The van der Waals surface area contributed by atoms with E-state index in [1.807, 2.05) is 48.5 Å². The van der Waals surface area contributed by atoms with Crippen molar-refractivity contribution in [3.05, 3.63) is 136 Å². The summed E-state index contributed by atoms with van der Waals surface area (Å²) in [4.78, 5) is 45.0. The van der Waals surface area contributed by atoms with Crippen molar-refractivity contribution in [3.8, 4) is 5.75 Å². The quantitative estimate of drug-likeness (QED) is 0.144. The molecule has 0 radical (unpaired) electrons. The number of nitrogens with zero attached hydrogens (tertiary/aromatic N) is 1. The predicted molar refractivity (Wildman–Crippen MR) is 202 cm³/mol. The van der Waals surface area contributed by atoms with Gasteiger partial charge in [0.1, 0.15) is 5.75 Å². The first kappa shape index (κ1) is 35.1. The van der Waals surface area contributed by atoms with Gasteiger partial charge in [0.25, 0.3) is 11.8 Å². The van der Waals surface area contributed by atoms with Crippen LogP contribution in [0.3, 0.4) is 0 Å². The number of hydrogen-bond donors (Lipinski definition) is 2. The maximum atomic E-state index is 13.8. The number of rotatable bonds is 10. The van der Waals surface area contributed by atoms with Gasteiger partial charge in [-0.05, 0) is 95.3 Å². The molecule has 1 aliphatic rings. The Morgan fingerprint density at radius 3 is 2.33 bits per heavy atom. The number of amides is 2. The molecular weight excluding hydrogens is 638 g/mol. The SMILES string of the molecule is COc1ccc(CCNC(=O)c2ccccc2NC(=O)COC(=O)c2c3c(nc4ccccc24)/C(=C/c2ccc(C(C)(C)C)cc2)CCC3)cc1. The van der Waals surface area contributed by atoms with Crippen LogP contribution in [-0.2, 0) is 27.8 Å². The largest absolute Gasteiger partial charge is 0.497 e. The fraction of sp³-hybridized carbons (Fsp3) is 0.256. The molecule has 0 spiro atoms. The second-order valence-corrected chi connectivity index (χ2v) is 13.8. The van der Waals surface area contributed by atoms with Crippen LogP contribution in [0.25, 0.3) is 22.6 Å². The van der Waals surface area contributed by atoms with E-state index in [1.165, 1.54) is 5.56 Å². The number of ether oxygens (including phenoxy) is 2. The second kappa shape index (κ2) is 15.4. The highest BCUT2D eigenvalue weighted by molar-refractivity contribution is 6.08. The van der Waals surface area contributed by atoms with Gasteiger partial charge >= 0.3 is 5.97 Å². The van der Waals surface area contributed by atoms with Gasteiger partial charge in [-0.2, -0.15) is 0 Å². The molecule has 51 heavy (non-hydrogen) atoms. The topological polar surface area (TPSA) is 107 Å². The molecule has 6 rings (SSSR count). The first-order valence-corrected chi connectivity index (χ1v) is 17.3. The zero-order valence-electron chi connectivity index (χ0n) is 29.5. The molecule has 0 bridgehead atoms. The summed E-state index contributed by atoms with van der Waals surface area (Å²) >= 11 is 0. The van der Waals surface area contributed by atoms with E-state index in [0.29, 0.717) is 47.1 Å². The van der Waals surface area contributed by atoms with Crippen molar-refractivity contribution >= 4 is 46.0 Å². The molecule has 5 aromatic rings. The Balaban J connectivity index is 1.15. The van der Waals surface area contributed by atoms with Gasteiger partial charge in [0.05, 0.1) is 35.1 Å². The molecule has 0 fully saturated rings. The molecule has 260 valence electrons. The highest BCUT2D eigenvalue weighted by Gasteiger charge is 2.27. The molecule has 1 aliphatic carbocycles. The van der Waals surface area contributed by atoms with Crippen molar-refractivity contribution in [2.75, 3.05) is 25.6 Å². The van der Waals surface area contributed by atoms with Crippen LogP contribution in [0.5, 0.6) is 5.75 Å². The molecule has 0 saturated carbocycles. The molecule has 8 heteroatoms. The Kier molecular flexibility index (Phi) is 10.6. The maximum Gasteiger partial charge on any atom is 0.339 e. The number of hydrogen-bond acceptors (Lipinski definition) is 6. The number of nitrogens with one attached hydrogen (secondary N) is 2. The van der Waals surface area contributed by atoms with Crippen LogP contribution in [0.1, 0.15) is 82.3 Å². The molecular formula is C43H43N3O5. The summed E-state index contributed by atoms with van der Waals surface area (Å²) in [5.41, 5.74) is 7.93. The number of para-hydroxylation sites is 2. The van der Waals surface area contributed by atoms with E-state index in [0.717, 1.165) is 46.5 Å². The Hall–Kier alpha value is -5.76. The lowest BCUT2D eigenvalue weighted by molar-refractivity contribution is -0.119. The zero-order valence-corrected chi connectivity index (χ0v) is 29.5. The number of carbonyl (C=O) groups is 3. The number of benzene rings is 4. The molecule has 0 atom stereocenters. The summed E-state index contributed by atoms with van der Waals surface area (Å²) in [7, 11) is 1.62. The molecule has 4 aromatic carbocycles. The Labute approximate surface area is 298 Å². The smallest absolute Gasteiger partial charge is 0.339 e. The highest BCUT2D eigenvalue weighted by atomic mass is 16.5. The Bertz CT molecular complexity index is 2090. The van der Waals surface area contributed by atoms with Crippen LogP contribution in [0.4, 0.5) is 5.69 Å². The molecule has 0 aliphatic heterocycles. The van der Waals surface area contributed by atoms with Gasteiger partial charge in [-0.25, -0.2) is 9.78 Å². The van der Waals surface area contributed by atoms with E-state index in [-0.39, 0.29) is 11.3 Å². The minimum absolute atomic E-state index is 0.0621. The first-order chi connectivity index (χ1) is 24.6. The highest BCUT2D eigenvalue weighted by Crippen LogP contribution is 2.37. The van der Waals surface area contributed by atoms with Crippen LogP contribution in [-0.4, -0.2) is 43.0 Å². The van der Waals surface area contributed by atoms with Crippen molar-refractivity contribution in [1.82, 2.24) is 10.3 Å². The normalized spacial score (nSPS) is 13.4. The minimum Gasteiger partial charge on any atom is -0.497 e. The second-order valence-electron chi connectivity index (χ2n) is 13.8. The van der Waals surface area contributed by atoms with Crippen LogP contribution >= 0.6 is 0 Å². The fourth-order valence-corrected chi connectivity index (χ4v) is 6.38. The van der Waals surface area contributed by atoms with Crippen LogP contribution in [0, 0.1) is 0 Å². The van der Waals surface area contributed by atoms with Crippen molar-refractivity contribution < 1.29 is 23.9 Å². The van der Waals surface area contributed by atoms with Crippen molar-refractivity contribution in [2.45, 2.75) is 51.9 Å². The lowest BCUT2D eigenvalue weighted by atomic mass is 9.85. The summed E-state index contributed by atoms with van der Waals surface area (Å²) < 4.78 is 10.9. The molecule has 2 amide bonds. The van der Waals surface area contributed by atoms with Crippen molar-refractivity contribution in [3.63, 3.8) is 0 Å². The number of aromatic nitrogens is 1. The monoisotopic (exact) mass is 681 g/mol. The maximum absolute atomic E-state index is 13.8. The van der Waals surface area contributed by atoms with E-state index in [1.54, 1.807) is 31.4 Å². The van der Waals surface area contributed by atoms with E-state index in [4.69, 9.17) is 14.5 Å². The van der Waals surface area contributed by atoms with Crippen LogP contribution in [0.15, 0.2) is 97.1 Å². The van der Waals surface area contributed by atoms with Crippen molar-refractivity contribution in [1.29, 1.82) is 0 Å². The molecule has 0 unspecified atom stereocenters. The summed E-state index contributed by atoms with van der Waals surface area (Å²) in [5.74, 6) is -0.680. The summed E-state index contributed by atoms with van der Waals surface area (Å²) in [5, 5.41) is 6.36. The van der Waals surface area contributed by atoms with E-state index >= 15 is 0 Å². The molecule has 2 N–H and O–H groups in total. The number of anilines is 1. The average molecular weight is 682 g/mol. The van der Waals surface area contributed by atoms with Gasteiger partial charge in [0, 0.05) is 11.9 Å². The van der Waals surface area contributed by atoms with Crippen molar-refractivity contribution in [2.24, 2.45) is 0 Å². The molecule has 0 saturated heterocycles. The number of allylic oxidation sites excluding steroid dienone is 1. The van der Waals surface area contributed by atoms with E-state index in [2.05, 4.69) is 61.7 Å². The summed E-state index contributed by atoms with van der Waals surface area (Å²) in [6, 6.07) is 30.5.